The van der Waals surface area contributed by atoms with Gasteiger partial charge in [-0.15, -0.1) is 0 Å². The average Bonchev–Trinajstić information content (AvgIpc) is 2.58. The van der Waals surface area contributed by atoms with E-state index in [0.29, 0.717) is 20.8 Å². The van der Waals surface area contributed by atoms with Crippen LogP contribution in [0.25, 0.3) is 0 Å². The van der Waals surface area contributed by atoms with Crippen molar-refractivity contribution in [1.29, 1.82) is 0 Å². The van der Waals surface area contributed by atoms with Crippen LogP contribution in [0.2, 0.25) is 5.02 Å². The van der Waals surface area contributed by atoms with Crippen LogP contribution in [0.1, 0.15) is 21.5 Å². The Bertz CT molecular complexity index is 796. The Morgan fingerprint density at radius 1 is 1.12 bits per heavy atom. The third kappa shape index (κ3) is 4.96. The smallest absolute Gasteiger partial charge is 0.349 e. The monoisotopic (exact) mass is 426 g/mol. The molecular weight excluding hydrogens is 412 g/mol. The number of carbonyl (C=O) groups is 2. The first-order valence-corrected chi connectivity index (χ1v) is 8.47. The Kier molecular flexibility index (Phi) is 6.45. The largest absolute Gasteiger partial charge is 0.482 e. The molecule has 0 spiro atoms. The summed E-state index contributed by atoms with van der Waals surface area (Å²) in [4.78, 5) is 23.4. The molecule has 0 aromatic heterocycles. The molecule has 7 heteroatoms. The minimum Gasteiger partial charge on any atom is -0.482 e. The highest BCUT2D eigenvalue weighted by Gasteiger charge is 2.13. The van der Waals surface area contributed by atoms with Crippen LogP contribution in [0.5, 0.6) is 11.5 Å². The summed E-state index contributed by atoms with van der Waals surface area (Å²) in [6.07, 6.45) is 0. The van der Waals surface area contributed by atoms with Crippen LogP contribution < -0.4 is 9.47 Å². The molecule has 2 aromatic rings. The molecule has 5 nitrogen and oxygen atoms in total. The minimum atomic E-state index is -0.572. The second kappa shape index (κ2) is 8.36. The second-order valence-corrected chi connectivity index (χ2v) is 6.50. The lowest BCUT2D eigenvalue weighted by Crippen LogP contribution is -2.18. The zero-order valence-corrected chi connectivity index (χ0v) is 16.2. The lowest BCUT2D eigenvalue weighted by Gasteiger charge is -2.11. The standard InChI is InChI=1S/C18H16BrClO5/c1-10-6-13(7-11(2)17(10)20)24-9-16(21)25-15-5-4-12(8-14(15)19)18(22)23-3/h4-8H,9H2,1-3H3. The SMILES string of the molecule is COC(=O)c1ccc(OC(=O)COc2cc(C)c(Cl)c(C)c2)c(Br)c1. The Balaban J connectivity index is 2.00. The number of carbonyl (C=O) groups excluding carboxylic acids is 2. The van der Waals surface area contributed by atoms with Crippen molar-refractivity contribution in [3.63, 3.8) is 0 Å². The molecule has 0 aliphatic heterocycles. The first-order valence-electron chi connectivity index (χ1n) is 7.30. The summed E-state index contributed by atoms with van der Waals surface area (Å²) in [6.45, 7) is 3.46. The minimum absolute atomic E-state index is 0.258. The number of hydrogen-bond donors (Lipinski definition) is 0. The molecule has 0 aliphatic rings. The van der Waals surface area contributed by atoms with Gasteiger partial charge in [0, 0.05) is 5.02 Å². The fourth-order valence-corrected chi connectivity index (χ4v) is 2.68. The van der Waals surface area contributed by atoms with Gasteiger partial charge in [0.1, 0.15) is 11.5 Å². The van der Waals surface area contributed by atoms with Gasteiger partial charge in [-0.2, -0.15) is 0 Å². The van der Waals surface area contributed by atoms with Crippen molar-refractivity contribution >= 4 is 39.5 Å². The summed E-state index contributed by atoms with van der Waals surface area (Å²) in [7, 11) is 1.29. The number of rotatable bonds is 5. The van der Waals surface area contributed by atoms with Gasteiger partial charge in [-0.25, -0.2) is 9.59 Å². The van der Waals surface area contributed by atoms with Crippen molar-refractivity contribution in [2.45, 2.75) is 13.8 Å². The number of benzene rings is 2. The number of halogens is 2. The van der Waals surface area contributed by atoms with Gasteiger partial charge in [0.05, 0.1) is 17.1 Å². The van der Waals surface area contributed by atoms with E-state index in [1.807, 2.05) is 13.8 Å². The highest BCUT2D eigenvalue weighted by molar-refractivity contribution is 9.10. The molecule has 0 aliphatic carbocycles. The molecule has 0 atom stereocenters. The fraction of sp³-hybridized carbons (Fsp3) is 0.222. The molecule has 0 heterocycles. The van der Waals surface area contributed by atoms with Gasteiger partial charge in [0.25, 0.3) is 0 Å². The highest BCUT2D eigenvalue weighted by atomic mass is 79.9. The van der Waals surface area contributed by atoms with Crippen LogP contribution in [-0.4, -0.2) is 25.7 Å². The third-order valence-corrected chi connectivity index (χ3v) is 4.56. The van der Waals surface area contributed by atoms with E-state index < -0.39 is 11.9 Å². The van der Waals surface area contributed by atoms with Gasteiger partial charge in [-0.05, 0) is 71.2 Å². The molecule has 0 bridgehead atoms. The van der Waals surface area contributed by atoms with Crippen molar-refractivity contribution in [1.82, 2.24) is 0 Å². The van der Waals surface area contributed by atoms with Crippen LogP contribution in [0.3, 0.4) is 0 Å². The van der Waals surface area contributed by atoms with Crippen LogP contribution in [0.4, 0.5) is 0 Å². The van der Waals surface area contributed by atoms with E-state index in [0.717, 1.165) is 11.1 Å². The normalized spacial score (nSPS) is 10.3. The van der Waals surface area contributed by atoms with Gasteiger partial charge in [0.15, 0.2) is 6.61 Å². The zero-order valence-electron chi connectivity index (χ0n) is 13.9. The summed E-state index contributed by atoms with van der Waals surface area (Å²) >= 11 is 9.35. The molecule has 0 fully saturated rings. The molecule has 2 aromatic carbocycles. The number of esters is 2. The van der Waals surface area contributed by atoms with Gasteiger partial charge < -0.3 is 14.2 Å². The van der Waals surface area contributed by atoms with Crippen molar-refractivity contribution in [2.75, 3.05) is 13.7 Å². The number of hydrogen-bond acceptors (Lipinski definition) is 5. The first kappa shape index (κ1) is 19.3. The third-order valence-electron chi connectivity index (χ3n) is 3.34. The van der Waals surface area contributed by atoms with Crippen molar-refractivity contribution < 1.29 is 23.8 Å². The van der Waals surface area contributed by atoms with Crippen LogP contribution >= 0.6 is 27.5 Å². The van der Waals surface area contributed by atoms with Gasteiger partial charge in [-0.3, -0.25) is 0 Å². The van der Waals surface area contributed by atoms with E-state index in [1.165, 1.54) is 25.3 Å². The lowest BCUT2D eigenvalue weighted by atomic mass is 10.1. The quantitative estimate of drug-likeness (QED) is 0.520. The Hall–Kier alpha value is -2.05. The number of aryl methyl sites for hydroxylation is 2. The van der Waals surface area contributed by atoms with E-state index in [1.54, 1.807) is 12.1 Å². The topological polar surface area (TPSA) is 61.8 Å². The highest BCUT2D eigenvalue weighted by Crippen LogP contribution is 2.27. The molecule has 0 saturated heterocycles. The molecule has 25 heavy (non-hydrogen) atoms. The average molecular weight is 428 g/mol. The van der Waals surface area contributed by atoms with Gasteiger partial charge >= 0.3 is 11.9 Å². The van der Waals surface area contributed by atoms with Crippen molar-refractivity contribution in [2.24, 2.45) is 0 Å². The van der Waals surface area contributed by atoms with E-state index in [2.05, 4.69) is 20.7 Å². The van der Waals surface area contributed by atoms with Crippen molar-refractivity contribution in [3.8, 4) is 11.5 Å². The van der Waals surface area contributed by atoms with Crippen LogP contribution in [-0.2, 0) is 9.53 Å². The molecular formula is C18H16BrClO5. The van der Waals surface area contributed by atoms with Gasteiger partial charge in [0.2, 0.25) is 0 Å². The second-order valence-electron chi connectivity index (χ2n) is 5.27. The maximum absolute atomic E-state index is 12.0. The summed E-state index contributed by atoms with van der Waals surface area (Å²) < 4.78 is 15.8. The molecule has 0 N–H and O–H groups in total. The Morgan fingerprint density at radius 2 is 1.76 bits per heavy atom. The van der Waals surface area contributed by atoms with Crippen LogP contribution in [0.15, 0.2) is 34.8 Å². The molecule has 0 saturated carbocycles. The first-order chi connectivity index (χ1) is 11.8. The predicted octanol–water partition coefficient (Wildman–Crippen LogP) is 4.49. The molecule has 2 rings (SSSR count). The van der Waals surface area contributed by atoms with E-state index >= 15 is 0 Å². The summed E-state index contributed by atoms with van der Waals surface area (Å²) in [6, 6.07) is 8.03. The molecule has 0 amide bonds. The fourth-order valence-electron chi connectivity index (χ4n) is 2.11. The van der Waals surface area contributed by atoms with Crippen molar-refractivity contribution in [3.05, 3.63) is 56.5 Å². The van der Waals surface area contributed by atoms with E-state index in [4.69, 9.17) is 21.1 Å². The molecule has 132 valence electrons. The predicted molar refractivity (Wildman–Crippen MR) is 97.5 cm³/mol. The zero-order chi connectivity index (χ0) is 18.6. The summed E-state index contributed by atoms with van der Waals surface area (Å²) in [5, 5.41) is 0.671. The Morgan fingerprint density at radius 3 is 2.32 bits per heavy atom. The summed E-state index contributed by atoms with van der Waals surface area (Å²) in [5.74, 6) is -0.228. The molecule has 0 unspecified atom stereocenters. The number of ether oxygens (including phenoxy) is 3. The van der Waals surface area contributed by atoms with Gasteiger partial charge in [-0.1, -0.05) is 11.6 Å². The number of methoxy groups -OCH3 is 1. The molecule has 0 radical (unpaired) electrons. The maximum atomic E-state index is 12.0. The lowest BCUT2D eigenvalue weighted by molar-refractivity contribution is -0.136. The van der Waals surface area contributed by atoms with Crippen LogP contribution in [0, 0.1) is 13.8 Å². The summed E-state index contributed by atoms with van der Waals surface area (Å²) in [5.41, 5.74) is 2.08. The maximum Gasteiger partial charge on any atom is 0.349 e. The van der Waals surface area contributed by atoms with E-state index in [9.17, 15) is 9.59 Å². The van der Waals surface area contributed by atoms with E-state index in [-0.39, 0.29) is 12.4 Å². The Labute approximate surface area is 159 Å².